The predicted molar refractivity (Wildman–Crippen MR) is 50.1 cm³/mol. The Morgan fingerprint density at radius 2 is 1.86 bits per heavy atom. The highest BCUT2D eigenvalue weighted by Crippen LogP contribution is 2.26. The van der Waals surface area contributed by atoms with Gasteiger partial charge in [0.2, 0.25) is 0 Å². The molecule has 5 N–H and O–H groups in total. The van der Waals surface area contributed by atoms with Gasteiger partial charge in [-0.25, -0.2) is 0 Å². The van der Waals surface area contributed by atoms with E-state index in [2.05, 4.69) is 0 Å². The van der Waals surface area contributed by atoms with Gasteiger partial charge >= 0.3 is 0 Å². The van der Waals surface area contributed by atoms with E-state index in [4.69, 9.17) is 15.3 Å². The van der Waals surface area contributed by atoms with Crippen LogP contribution in [0.25, 0.3) is 0 Å². The van der Waals surface area contributed by atoms with Crippen molar-refractivity contribution < 1.29 is 25.2 Å². The van der Waals surface area contributed by atoms with E-state index in [0.29, 0.717) is 0 Å². The maximum Gasteiger partial charge on any atom is 0.137 e. The lowest BCUT2D eigenvalue weighted by atomic mass is 10.0. The molecule has 1 rings (SSSR count). The Bertz CT molecular complexity index is 203. The smallest absolute Gasteiger partial charge is 0.137 e. The highest BCUT2D eigenvalue weighted by molar-refractivity contribution is 8.12. The zero-order chi connectivity index (χ0) is 10.7. The lowest BCUT2D eigenvalue weighted by Gasteiger charge is -2.39. The predicted octanol–water partition coefficient (Wildman–Crippen LogP) is -1.87. The van der Waals surface area contributed by atoms with Crippen molar-refractivity contribution in [3.63, 3.8) is 0 Å². The van der Waals surface area contributed by atoms with Gasteiger partial charge in [0.25, 0.3) is 0 Å². The average Bonchev–Trinajstić information content (AvgIpc) is 2.19. The Hall–Kier alpha value is -0.180. The van der Waals surface area contributed by atoms with Crippen LogP contribution in [0.3, 0.4) is 0 Å². The van der Waals surface area contributed by atoms with E-state index in [9.17, 15) is 15.3 Å². The highest BCUT2D eigenvalue weighted by atomic mass is 32.2. The fourth-order valence-corrected chi connectivity index (χ4v) is 1.91. The molecule has 0 bridgehead atoms. The molecule has 6 nitrogen and oxygen atoms in total. The van der Waals surface area contributed by atoms with Crippen molar-refractivity contribution in [2.75, 3.05) is 6.61 Å². The minimum atomic E-state index is -1.36. The molecule has 0 saturated carbocycles. The first-order valence-electron chi connectivity index (χ1n) is 4.06. The summed E-state index contributed by atoms with van der Waals surface area (Å²) in [6, 6.07) is 0. The van der Waals surface area contributed by atoms with Gasteiger partial charge in [0.15, 0.2) is 0 Å². The van der Waals surface area contributed by atoms with Crippen molar-refractivity contribution in [3.8, 4) is 0 Å². The van der Waals surface area contributed by atoms with Crippen molar-refractivity contribution in [3.05, 3.63) is 0 Å². The molecule has 1 heterocycles. The van der Waals surface area contributed by atoms with E-state index >= 15 is 0 Å². The minimum Gasteiger partial charge on any atom is -0.394 e. The van der Waals surface area contributed by atoms with Crippen LogP contribution in [-0.2, 0) is 4.74 Å². The quantitative estimate of drug-likeness (QED) is 0.283. The molecule has 0 aromatic heterocycles. The van der Waals surface area contributed by atoms with Crippen LogP contribution in [0.2, 0.25) is 0 Å². The van der Waals surface area contributed by atoms with Gasteiger partial charge in [0, 0.05) is 0 Å². The molecular weight excluding hydrogens is 210 g/mol. The highest BCUT2D eigenvalue weighted by Gasteiger charge is 2.43. The van der Waals surface area contributed by atoms with Crippen molar-refractivity contribution in [1.82, 2.24) is 0 Å². The van der Waals surface area contributed by atoms with Gasteiger partial charge in [-0.2, -0.15) is 0 Å². The number of thioether (sulfide) groups is 1. The molecule has 0 spiro atoms. The van der Waals surface area contributed by atoms with Gasteiger partial charge in [-0.15, -0.1) is 0 Å². The molecule has 5 atom stereocenters. The molecule has 0 radical (unpaired) electrons. The SMILES string of the molecule is N=CSC1O[C@H](CO)[C@@H](O)[C@H](O)[C@H]1O. The van der Waals surface area contributed by atoms with Gasteiger partial charge in [-0.3, -0.25) is 0 Å². The van der Waals surface area contributed by atoms with Crippen LogP contribution in [0.1, 0.15) is 0 Å². The second-order valence-electron chi connectivity index (χ2n) is 2.95. The molecule has 0 aromatic carbocycles. The summed E-state index contributed by atoms with van der Waals surface area (Å²) >= 11 is 0.872. The molecule has 1 aliphatic rings. The zero-order valence-corrected chi connectivity index (χ0v) is 8.09. The Labute approximate surface area is 85.0 Å². The van der Waals surface area contributed by atoms with E-state index in [1.807, 2.05) is 0 Å². The summed E-state index contributed by atoms with van der Waals surface area (Å²) in [4.78, 5) is 0. The third-order valence-corrected chi connectivity index (χ3v) is 2.84. The summed E-state index contributed by atoms with van der Waals surface area (Å²) < 4.78 is 5.07. The van der Waals surface area contributed by atoms with Crippen LogP contribution in [-0.4, -0.2) is 62.4 Å². The molecule has 1 saturated heterocycles. The van der Waals surface area contributed by atoms with Crippen LogP contribution < -0.4 is 0 Å². The Morgan fingerprint density at radius 3 is 2.36 bits per heavy atom. The monoisotopic (exact) mass is 223 g/mol. The molecule has 0 aromatic rings. The van der Waals surface area contributed by atoms with Crippen LogP contribution in [0.15, 0.2) is 0 Å². The van der Waals surface area contributed by atoms with E-state index < -0.39 is 36.5 Å². The second kappa shape index (κ2) is 5.06. The molecule has 7 heteroatoms. The number of aliphatic hydroxyl groups is 4. The van der Waals surface area contributed by atoms with E-state index in [-0.39, 0.29) is 0 Å². The lowest BCUT2D eigenvalue weighted by molar-refractivity contribution is -0.205. The zero-order valence-electron chi connectivity index (χ0n) is 7.28. The maximum absolute atomic E-state index is 9.41. The minimum absolute atomic E-state index is 0.444. The van der Waals surface area contributed by atoms with Gasteiger partial charge < -0.3 is 30.6 Å². The van der Waals surface area contributed by atoms with Crippen LogP contribution >= 0.6 is 11.8 Å². The molecule has 1 aliphatic heterocycles. The number of rotatable bonds is 3. The third-order valence-electron chi connectivity index (χ3n) is 2.05. The number of hydrogen-bond acceptors (Lipinski definition) is 7. The molecule has 1 fully saturated rings. The molecular formula is C7H13NO5S. The first-order valence-corrected chi connectivity index (χ1v) is 5.01. The number of nitrogens with one attached hydrogen (secondary N) is 1. The fourth-order valence-electron chi connectivity index (χ4n) is 1.25. The van der Waals surface area contributed by atoms with Gasteiger partial charge in [-0.1, -0.05) is 11.8 Å². The first kappa shape index (κ1) is 11.9. The summed E-state index contributed by atoms with van der Waals surface area (Å²) in [5.74, 6) is 0. The Kier molecular flexibility index (Phi) is 4.30. The fraction of sp³-hybridized carbons (Fsp3) is 0.857. The maximum atomic E-state index is 9.41. The Balaban J connectivity index is 2.67. The summed E-state index contributed by atoms with van der Waals surface area (Å²) in [6.07, 6.45) is -4.86. The standard InChI is InChI=1S/C7H13NO5S/c8-2-14-7-6(12)5(11)4(10)3(1-9)13-7/h2-12H,1H2/t3-,4-,5+,6-,7?/m1/s1. The van der Waals surface area contributed by atoms with Crippen LogP contribution in [0.4, 0.5) is 0 Å². The van der Waals surface area contributed by atoms with E-state index in [0.717, 1.165) is 17.3 Å². The van der Waals surface area contributed by atoms with Crippen molar-refractivity contribution in [2.24, 2.45) is 0 Å². The summed E-state index contributed by atoms with van der Waals surface area (Å²) in [5, 5.41) is 43.7. The lowest BCUT2D eigenvalue weighted by Crippen LogP contribution is -2.57. The molecule has 0 amide bonds. The first-order chi connectivity index (χ1) is 6.61. The van der Waals surface area contributed by atoms with Crippen molar-refractivity contribution >= 4 is 17.3 Å². The van der Waals surface area contributed by atoms with E-state index in [1.165, 1.54) is 0 Å². The largest absolute Gasteiger partial charge is 0.394 e. The van der Waals surface area contributed by atoms with Gasteiger partial charge in [-0.05, 0) is 0 Å². The molecule has 14 heavy (non-hydrogen) atoms. The molecule has 0 aliphatic carbocycles. The van der Waals surface area contributed by atoms with Crippen molar-refractivity contribution in [2.45, 2.75) is 29.9 Å². The summed E-state index contributed by atoms with van der Waals surface area (Å²) in [6.45, 7) is -0.444. The topological polar surface area (TPSA) is 114 Å². The Morgan fingerprint density at radius 1 is 1.21 bits per heavy atom. The van der Waals surface area contributed by atoms with E-state index in [1.54, 1.807) is 0 Å². The number of aliphatic hydroxyl groups excluding tert-OH is 4. The second-order valence-corrected chi connectivity index (χ2v) is 3.92. The van der Waals surface area contributed by atoms with Crippen LogP contribution in [0, 0.1) is 5.41 Å². The summed E-state index contributed by atoms with van der Waals surface area (Å²) in [7, 11) is 0. The van der Waals surface area contributed by atoms with Gasteiger partial charge in [0.05, 0.1) is 12.2 Å². The number of ether oxygens (including phenoxy) is 1. The average molecular weight is 223 g/mol. The number of hydrogen-bond donors (Lipinski definition) is 5. The molecule has 82 valence electrons. The van der Waals surface area contributed by atoms with Crippen LogP contribution in [0.5, 0.6) is 0 Å². The van der Waals surface area contributed by atoms with Crippen molar-refractivity contribution in [1.29, 1.82) is 5.41 Å². The third kappa shape index (κ3) is 2.25. The summed E-state index contributed by atoms with van der Waals surface area (Å²) in [5.41, 5.74) is 0.135. The normalized spacial score (nSPS) is 43.6. The molecule has 1 unspecified atom stereocenters. The van der Waals surface area contributed by atoms with Gasteiger partial charge in [0.1, 0.15) is 29.9 Å².